The zero-order valence-electron chi connectivity index (χ0n) is 14.6. The predicted octanol–water partition coefficient (Wildman–Crippen LogP) is 2.98. The molecule has 1 amide bonds. The molecule has 0 spiro atoms. The normalized spacial score (nSPS) is 10.7. The van der Waals surface area contributed by atoms with Crippen molar-refractivity contribution in [2.45, 2.75) is 25.2 Å². The lowest BCUT2D eigenvalue weighted by Gasteiger charge is -2.09. The quantitative estimate of drug-likeness (QED) is 0.612. The summed E-state index contributed by atoms with van der Waals surface area (Å²) in [5.41, 5.74) is 0.935. The van der Waals surface area contributed by atoms with Crippen molar-refractivity contribution in [2.75, 3.05) is 12.9 Å². The molecular weight excluding hydrogens is 352 g/mol. The van der Waals surface area contributed by atoms with Crippen LogP contribution >= 0.6 is 11.8 Å². The Bertz CT molecular complexity index is 861. The van der Waals surface area contributed by atoms with Crippen molar-refractivity contribution in [1.29, 1.82) is 0 Å². The fraction of sp³-hybridized carbons (Fsp3) is 0.278. The van der Waals surface area contributed by atoms with Crippen LogP contribution in [0.2, 0.25) is 0 Å². The summed E-state index contributed by atoms with van der Waals surface area (Å²) in [7, 11) is 1.62. The van der Waals surface area contributed by atoms with Crippen molar-refractivity contribution < 1.29 is 13.9 Å². The van der Waals surface area contributed by atoms with E-state index < -0.39 is 0 Å². The Kier molecular flexibility index (Phi) is 5.96. The lowest BCUT2D eigenvalue weighted by molar-refractivity contribution is -0.118. The van der Waals surface area contributed by atoms with Crippen LogP contribution in [0.5, 0.6) is 5.75 Å². The molecule has 0 aliphatic rings. The fourth-order valence-corrected chi connectivity index (χ4v) is 3.32. The third-order valence-corrected chi connectivity index (χ3v) is 4.74. The number of methoxy groups -OCH3 is 1. The number of nitrogens with zero attached hydrogens (tertiary/aromatic N) is 3. The summed E-state index contributed by atoms with van der Waals surface area (Å²) in [6.07, 6.45) is 1.60. The second-order valence-corrected chi connectivity index (χ2v) is 6.35. The van der Waals surface area contributed by atoms with Gasteiger partial charge in [-0.15, -0.1) is 10.2 Å². The second kappa shape index (κ2) is 8.57. The van der Waals surface area contributed by atoms with Gasteiger partial charge in [-0.3, -0.25) is 9.36 Å². The van der Waals surface area contributed by atoms with E-state index in [4.69, 9.17) is 9.15 Å². The number of carbonyl (C=O) groups is 1. The highest BCUT2D eigenvalue weighted by Crippen LogP contribution is 2.24. The summed E-state index contributed by atoms with van der Waals surface area (Å²) in [6, 6.07) is 11.3. The maximum atomic E-state index is 12.2. The first-order valence-corrected chi connectivity index (χ1v) is 9.20. The summed E-state index contributed by atoms with van der Waals surface area (Å²) in [5, 5.41) is 11.9. The summed E-state index contributed by atoms with van der Waals surface area (Å²) < 4.78 is 12.6. The third kappa shape index (κ3) is 4.08. The van der Waals surface area contributed by atoms with E-state index in [1.54, 1.807) is 13.4 Å². The highest BCUT2D eigenvalue weighted by molar-refractivity contribution is 7.99. The lowest BCUT2D eigenvalue weighted by atomic mass is 10.2. The van der Waals surface area contributed by atoms with Gasteiger partial charge in [0.05, 0.1) is 19.1 Å². The van der Waals surface area contributed by atoms with Crippen molar-refractivity contribution >= 4 is 17.7 Å². The first kappa shape index (κ1) is 18.1. The Labute approximate surface area is 155 Å². The van der Waals surface area contributed by atoms with Crippen LogP contribution in [0.25, 0.3) is 11.6 Å². The summed E-state index contributed by atoms with van der Waals surface area (Å²) in [6.45, 7) is 3.11. The molecular formula is C18H20N4O3S. The van der Waals surface area contributed by atoms with E-state index in [1.165, 1.54) is 11.8 Å². The van der Waals surface area contributed by atoms with E-state index in [2.05, 4.69) is 15.5 Å². The number of rotatable bonds is 8. The van der Waals surface area contributed by atoms with Crippen LogP contribution in [0.15, 0.2) is 52.2 Å². The van der Waals surface area contributed by atoms with Crippen LogP contribution in [0.4, 0.5) is 0 Å². The number of nitrogens with one attached hydrogen (secondary N) is 1. The molecule has 3 aromatic rings. The van der Waals surface area contributed by atoms with Crippen LogP contribution < -0.4 is 10.1 Å². The van der Waals surface area contributed by atoms with Crippen molar-refractivity contribution in [1.82, 2.24) is 20.1 Å². The van der Waals surface area contributed by atoms with Gasteiger partial charge in [-0.1, -0.05) is 30.0 Å². The molecule has 1 N–H and O–H groups in total. The van der Waals surface area contributed by atoms with E-state index in [0.29, 0.717) is 29.8 Å². The number of amides is 1. The number of furan rings is 1. The van der Waals surface area contributed by atoms with Gasteiger partial charge in [0.15, 0.2) is 16.7 Å². The van der Waals surface area contributed by atoms with Crippen LogP contribution in [-0.2, 0) is 17.9 Å². The monoisotopic (exact) mass is 372 g/mol. The summed E-state index contributed by atoms with van der Waals surface area (Å²) in [5.74, 6) is 2.26. The van der Waals surface area contributed by atoms with Gasteiger partial charge in [0, 0.05) is 18.7 Å². The van der Waals surface area contributed by atoms with Crippen LogP contribution in [0.3, 0.4) is 0 Å². The van der Waals surface area contributed by atoms with Crippen molar-refractivity contribution in [2.24, 2.45) is 0 Å². The molecule has 0 aliphatic heterocycles. The number of hydrogen-bond donors (Lipinski definition) is 1. The molecule has 0 fully saturated rings. The van der Waals surface area contributed by atoms with Gasteiger partial charge in [0.1, 0.15) is 5.75 Å². The van der Waals surface area contributed by atoms with Crippen molar-refractivity contribution in [3.05, 3.63) is 48.2 Å². The average Bonchev–Trinajstić information content (AvgIpc) is 3.33. The molecule has 2 heterocycles. The zero-order chi connectivity index (χ0) is 18.4. The highest BCUT2D eigenvalue weighted by atomic mass is 32.2. The van der Waals surface area contributed by atoms with E-state index in [0.717, 1.165) is 11.3 Å². The predicted molar refractivity (Wildman–Crippen MR) is 99.0 cm³/mol. The van der Waals surface area contributed by atoms with Crippen LogP contribution in [0.1, 0.15) is 12.5 Å². The van der Waals surface area contributed by atoms with Gasteiger partial charge in [-0.25, -0.2) is 0 Å². The Morgan fingerprint density at radius 1 is 1.27 bits per heavy atom. The minimum atomic E-state index is -0.0777. The molecule has 26 heavy (non-hydrogen) atoms. The minimum Gasteiger partial charge on any atom is -0.496 e. The van der Waals surface area contributed by atoms with Gasteiger partial charge in [0.2, 0.25) is 5.91 Å². The maximum Gasteiger partial charge on any atom is 0.230 e. The zero-order valence-corrected chi connectivity index (χ0v) is 15.5. The summed E-state index contributed by atoms with van der Waals surface area (Å²) in [4.78, 5) is 12.2. The number of ether oxygens (including phenoxy) is 1. The van der Waals surface area contributed by atoms with Gasteiger partial charge < -0.3 is 14.5 Å². The first-order chi connectivity index (χ1) is 12.7. The molecule has 0 saturated carbocycles. The number of hydrogen-bond acceptors (Lipinski definition) is 6. The molecule has 0 aliphatic carbocycles. The summed E-state index contributed by atoms with van der Waals surface area (Å²) >= 11 is 1.35. The fourth-order valence-electron chi connectivity index (χ4n) is 2.49. The number of para-hydroxylation sites is 1. The van der Waals surface area contributed by atoms with Crippen LogP contribution in [-0.4, -0.2) is 33.5 Å². The number of carbonyl (C=O) groups excluding carboxylic acids is 1. The van der Waals surface area contributed by atoms with E-state index >= 15 is 0 Å². The molecule has 0 atom stereocenters. The smallest absolute Gasteiger partial charge is 0.230 e. The maximum absolute atomic E-state index is 12.2. The topological polar surface area (TPSA) is 82.2 Å². The lowest BCUT2D eigenvalue weighted by Crippen LogP contribution is -2.25. The van der Waals surface area contributed by atoms with E-state index in [-0.39, 0.29) is 11.7 Å². The largest absolute Gasteiger partial charge is 0.496 e. The molecule has 0 radical (unpaired) electrons. The van der Waals surface area contributed by atoms with Gasteiger partial charge >= 0.3 is 0 Å². The Morgan fingerprint density at radius 2 is 2.12 bits per heavy atom. The molecule has 1 aromatic carbocycles. The number of aromatic nitrogens is 3. The van der Waals surface area contributed by atoms with Crippen molar-refractivity contribution in [3.63, 3.8) is 0 Å². The molecule has 0 unspecified atom stereocenters. The molecule has 136 valence electrons. The van der Waals surface area contributed by atoms with Gasteiger partial charge in [-0.05, 0) is 25.1 Å². The van der Waals surface area contributed by atoms with E-state index in [1.807, 2.05) is 47.9 Å². The minimum absolute atomic E-state index is 0.0777. The molecule has 8 heteroatoms. The Hall–Kier alpha value is -2.74. The molecule has 0 bridgehead atoms. The Balaban J connectivity index is 1.58. The first-order valence-electron chi connectivity index (χ1n) is 8.21. The third-order valence-electron chi connectivity index (χ3n) is 3.78. The van der Waals surface area contributed by atoms with Gasteiger partial charge in [0.25, 0.3) is 0 Å². The molecule has 0 saturated heterocycles. The average molecular weight is 372 g/mol. The Morgan fingerprint density at radius 3 is 2.85 bits per heavy atom. The highest BCUT2D eigenvalue weighted by Gasteiger charge is 2.16. The van der Waals surface area contributed by atoms with Crippen LogP contribution in [0, 0.1) is 0 Å². The molecule has 2 aromatic heterocycles. The van der Waals surface area contributed by atoms with Gasteiger partial charge in [-0.2, -0.15) is 0 Å². The molecule has 7 nitrogen and oxygen atoms in total. The standard InChI is InChI=1S/C18H20N4O3S/c1-3-22-17(15-9-6-10-25-15)20-21-18(22)26-12-16(23)19-11-13-7-4-5-8-14(13)24-2/h4-10H,3,11-12H2,1-2H3,(H,19,23). The SMILES string of the molecule is CCn1c(SCC(=O)NCc2ccccc2OC)nnc1-c1ccco1. The molecule has 3 rings (SSSR count). The van der Waals surface area contributed by atoms with Crippen molar-refractivity contribution in [3.8, 4) is 17.3 Å². The number of benzene rings is 1. The van der Waals surface area contributed by atoms with E-state index in [9.17, 15) is 4.79 Å². The second-order valence-electron chi connectivity index (χ2n) is 5.40. The number of thioether (sulfide) groups is 1.